The highest BCUT2D eigenvalue weighted by atomic mass is 16.2. The molecule has 0 saturated carbocycles. The van der Waals surface area contributed by atoms with Crippen molar-refractivity contribution >= 4 is 17.4 Å². The summed E-state index contributed by atoms with van der Waals surface area (Å²) in [6, 6.07) is 7.20. The molecule has 0 unspecified atom stereocenters. The Bertz CT molecular complexity index is 428. The van der Waals surface area contributed by atoms with Gasteiger partial charge in [0, 0.05) is 23.5 Å². The summed E-state index contributed by atoms with van der Waals surface area (Å²) in [7, 11) is 0. The molecule has 1 aromatic carbocycles. The highest BCUT2D eigenvalue weighted by Gasteiger charge is 2.35. The summed E-state index contributed by atoms with van der Waals surface area (Å²) in [6.45, 7) is 5.01. The molecule has 0 aromatic heterocycles. The minimum Gasteiger partial charge on any atom is -0.399 e. The van der Waals surface area contributed by atoms with E-state index in [-0.39, 0.29) is 11.6 Å². The van der Waals surface area contributed by atoms with E-state index in [0.717, 1.165) is 25.1 Å². The first-order chi connectivity index (χ1) is 7.99. The molecule has 0 atom stereocenters. The van der Waals surface area contributed by atoms with Gasteiger partial charge < -0.3 is 16.0 Å². The van der Waals surface area contributed by atoms with Crippen LogP contribution in [0.5, 0.6) is 0 Å². The van der Waals surface area contributed by atoms with Gasteiger partial charge in [0.05, 0.1) is 0 Å². The van der Waals surface area contributed by atoms with Crippen LogP contribution in [0.25, 0.3) is 0 Å². The summed E-state index contributed by atoms with van der Waals surface area (Å²) in [6.07, 6.45) is 2.12. The smallest absolute Gasteiger partial charge is 0.322 e. The maximum Gasteiger partial charge on any atom is 0.322 e. The van der Waals surface area contributed by atoms with Crippen molar-refractivity contribution in [1.82, 2.24) is 4.90 Å². The molecule has 4 nitrogen and oxygen atoms in total. The highest BCUT2D eigenvalue weighted by Crippen LogP contribution is 2.28. The van der Waals surface area contributed by atoms with Gasteiger partial charge >= 0.3 is 6.03 Å². The van der Waals surface area contributed by atoms with Crippen molar-refractivity contribution < 1.29 is 4.79 Å². The number of benzene rings is 1. The molecule has 1 saturated heterocycles. The van der Waals surface area contributed by atoms with Crippen LogP contribution in [0.3, 0.4) is 0 Å². The number of likely N-dealkylation sites (tertiary alicyclic amines) is 1. The molecule has 0 bridgehead atoms. The zero-order valence-electron chi connectivity index (χ0n) is 10.4. The number of amides is 2. The second-order valence-corrected chi connectivity index (χ2v) is 5.12. The van der Waals surface area contributed by atoms with E-state index >= 15 is 0 Å². The van der Waals surface area contributed by atoms with E-state index in [2.05, 4.69) is 19.2 Å². The lowest BCUT2D eigenvalue weighted by atomic mass is 10.0. The largest absolute Gasteiger partial charge is 0.399 e. The van der Waals surface area contributed by atoms with Crippen LogP contribution >= 0.6 is 0 Å². The molecule has 4 heteroatoms. The van der Waals surface area contributed by atoms with Crippen molar-refractivity contribution in [2.75, 3.05) is 17.6 Å². The van der Waals surface area contributed by atoms with Gasteiger partial charge in [0.15, 0.2) is 0 Å². The van der Waals surface area contributed by atoms with Crippen LogP contribution in [0, 0.1) is 0 Å². The molecule has 2 rings (SSSR count). The Balaban J connectivity index is 2.07. The first-order valence-electron chi connectivity index (χ1n) is 5.93. The average Bonchev–Trinajstić information content (AvgIpc) is 2.58. The molecular formula is C13H19N3O. The van der Waals surface area contributed by atoms with Crippen LogP contribution in [-0.2, 0) is 0 Å². The fourth-order valence-electron chi connectivity index (χ4n) is 2.29. The second kappa shape index (κ2) is 4.28. The van der Waals surface area contributed by atoms with E-state index in [1.807, 2.05) is 17.0 Å². The van der Waals surface area contributed by atoms with Crippen LogP contribution in [0.15, 0.2) is 24.3 Å². The molecule has 3 N–H and O–H groups in total. The maximum absolute atomic E-state index is 12.1. The van der Waals surface area contributed by atoms with Gasteiger partial charge in [-0.1, -0.05) is 6.07 Å². The first kappa shape index (κ1) is 11.8. The topological polar surface area (TPSA) is 58.4 Å². The third-order valence-electron chi connectivity index (χ3n) is 3.28. The summed E-state index contributed by atoms with van der Waals surface area (Å²) in [5.41, 5.74) is 7.03. The number of rotatable bonds is 1. The minimum absolute atomic E-state index is 0.0434. The molecule has 1 aromatic rings. The molecule has 17 heavy (non-hydrogen) atoms. The van der Waals surface area contributed by atoms with E-state index in [4.69, 9.17) is 5.73 Å². The molecule has 1 aliphatic heterocycles. The van der Waals surface area contributed by atoms with Crippen molar-refractivity contribution in [3.63, 3.8) is 0 Å². The average molecular weight is 233 g/mol. The van der Waals surface area contributed by atoms with Gasteiger partial charge in [0.25, 0.3) is 0 Å². The van der Waals surface area contributed by atoms with Crippen LogP contribution in [0.4, 0.5) is 16.2 Å². The molecule has 2 amide bonds. The van der Waals surface area contributed by atoms with Gasteiger partial charge in [-0.25, -0.2) is 4.79 Å². The number of carbonyl (C=O) groups is 1. The molecular weight excluding hydrogens is 214 g/mol. The standard InChI is InChI=1S/C13H19N3O/c1-13(2)7-4-8-16(13)12(17)15-11-6-3-5-10(14)9-11/h3,5-6,9H,4,7-8,14H2,1-2H3,(H,15,17). The number of carbonyl (C=O) groups excluding carboxylic acids is 1. The molecule has 0 spiro atoms. The van der Waals surface area contributed by atoms with Crippen molar-refractivity contribution in [1.29, 1.82) is 0 Å². The maximum atomic E-state index is 12.1. The number of nitrogens with zero attached hydrogens (tertiary/aromatic N) is 1. The molecule has 1 heterocycles. The number of urea groups is 1. The second-order valence-electron chi connectivity index (χ2n) is 5.12. The zero-order chi connectivity index (χ0) is 12.5. The molecule has 1 aliphatic rings. The van der Waals surface area contributed by atoms with Gasteiger partial charge in [-0.15, -0.1) is 0 Å². The predicted molar refractivity (Wildman–Crippen MR) is 69.9 cm³/mol. The normalized spacial score (nSPS) is 18.1. The third-order valence-corrected chi connectivity index (χ3v) is 3.28. The van der Waals surface area contributed by atoms with E-state index in [1.54, 1.807) is 12.1 Å². The summed E-state index contributed by atoms with van der Waals surface area (Å²) in [5, 5.41) is 2.89. The number of anilines is 2. The van der Waals surface area contributed by atoms with Crippen LogP contribution < -0.4 is 11.1 Å². The first-order valence-corrected chi connectivity index (χ1v) is 5.93. The quantitative estimate of drug-likeness (QED) is 0.733. The van der Waals surface area contributed by atoms with Gasteiger partial charge in [0.2, 0.25) is 0 Å². The molecule has 92 valence electrons. The Labute approximate surface area is 102 Å². The van der Waals surface area contributed by atoms with Gasteiger partial charge in [-0.3, -0.25) is 0 Å². The van der Waals surface area contributed by atoms with Crippen molar-refractivity contribution in [2.24, 2.45) is 0 Å². The number of nitrogens with two attached hydrogens (primary N) is 1. The van der Waals surface area contributed by atoms with Crippen molar-refractivity contribution in [2.45, 2.75) is 32.2 Å². The lowest BCUT2D eigenvalue weighted by Gasteiger charge is -2.31. The Morgan fingerprint density at radius 2 is 2.24 bits per heavy atom. The number of hydrogen-bond acceptors (Lipinski definition) is 2. The SMILES string of the molecule is CC1(C)CCCN1C(=O)Nc1cccc(N)c1. The summed E-state index contributed by atoms with van der Waals surface area (Å²) in [4.78, 5) is 14.0. The Morgan fingerprint density at radius 3 is 2.82 bits per heavy atom. The van der Waals surface area contributed by atoms with Crippen molar-refractivity contribution in [3.8, 4) is 0 Å². The summed E-state index contributed by atoms with van der Waals surface area (Å²) < 4.78 is 0. The summed E-state index contributed by atoms with van der Waals surface area (Å²) in [5.74, 6) is 0. The predicted octanol–water partition coefficient (Wildman–Crippen LogP) is 2.68. The van der Waals surface area contributed by atoms with E-state index in [0.29, 0.717) is 5.69 Å². The zero-order valence-corrected chi connectivity index (χ0v) is 10.4. The Kier molecular flexibility index (Phi) is 2.96. The van der Waals surface area contributed by atoms with Crippen LogP contribution in [0.1, 0.15) is 26.7 Å². The van der Waals surface area contributed by atoms with E-state index in [1.165, 1.54) is 0 Å². The van der Waals surface area contributed by atoms with Gasteiger partial charge in [-0.05, 0) is 44.9 Å². The fraction of sp³-hybridized carbons (Fsp3) is 0.462. The van der Waals surface area contributed by atoms with Crippen LogP contribution in [0.2, 0.25) is 0 Å². The fourth-order valence-corrected chi connectivity index (χ4v) is 2.29. The number of nitrogens with one attached hydrogen (secondary N) is 1. The molecule has 0 aliphatic carbocycles. The van der Waals surface area contributed by atoms with E-state index in [9.17, 15) is 4.79 Å². The van der Waals surface area contributed by atoms with E-state index < -0.39 is 0 Å². The third kappa shape index (κ3) is 2.52. The number of hydrogen-bond donors (Lipinski definition) is 2. The summed E-state index contributed by atoms with van der Waals surface area (Å²) >= 11 is 0. The molecule has 1 fully saturated rings. The lowest BCUT2D eigenvalue weighted by molar-refractivity contribution is 0.178. The van der Waals surface area contributed by atoms with Gasteiger partial charge in [-0.2, -0.15) is 0 Å². The Hall–Kier alpha value is -1.71. The van der Waals surface area contributed by atoms with Crippen LogP contribution in [-0.4, -0.2) is 23.0 Å². The highest BCUT2D eigenvalue weighted by molar-refractivity contribution is 5.90. The number of nitrogen functional groups attached to an aromatic ring is 1. The Morgan fingerprint density at radius 1 is 1.47 bits per heavy atom. The van der Waals surface area contributed by atoms with Gasteiger partial charge in [0.1, 0.15) is 0 Å². The minimum atomic E-state index is -0.0512. The monoisotopic (exact) mass is 233 g/mol. The lowest BCUT2D eigenvalue weighted by Crippen LogP contribution is -2.44. The van der Waals surface area contributed by atoms with Crippen molar-refractivity contribution in [3.05, 3.63) is 24.3 Å². The molecule has 0 radical (unpaired) electrons.